The van der Waals surface area contributed by atoms with Gasteiger partial charge in [0.2, 0.25) is 15.9 Å². The molecule has 0 unspecified atom stereocenters. The summed E-state index contributed by atoms with van der Waals surface area (Å²) in [6.07, 6.45) is 1.02. The highest BCUT2D eigenvalue weighted by Gasteiger charge is 2.16. The molecule has 0 heterocycles. The Morgan fingerprint density at radius 2 is 1.57 bits per heavy atom. The van der Waals surface area contributed by atoms with Crippen LogP contribution in [0.25, 0.3) is 0 Å². The van der Waals surface area contributed by atoms with Gasteiger partial charge in [-0.1, -0.05) is 0 Å². The van der Waals surface area contributed by atoms with Gasteiger partial charge in [-0.2, -0.15) is 0 Å². The molecule has 8 nitrogen and oxygen atoms in total. The van der Waals surface area contributed by atoms with Gasteiger partial charge < -0.3 is 15.4 Å². The Morgan fingerprint density at radius 3 is 2.11 bits per heavy atom. The first-order valence-corrected chi connectivity index (χ1v) is 10.4. The standard InChI is InChI=1S/C19H23N3O5S/c1-12(2)27-16-8-5-14(6-9-16)21-19(24)17-11-15(20-13(3)23)7-10-18(17)22-28(4,25)26/h5-12,22H,1-4H3,(H,20,23)(H,21,24). The van der Waals surface area contributed by atoms with E-state index in [1.54, 1.807) is 24.3 Å². The summed E-state index contributed by atoms with van der Waals surface area (Å²) in [4.78, 5) is 24.0. The van der Waals surface area contributed by atoms with E-state index in [9.17, 15) is 18.0 Å². The van der Waals surface area contributed by atoms with Crippen molar-refractivity contribution in [2.75, 3.05) is 21.6 Å². The number of rotatable bonds is 7. The molecule has 0 aliphatic carbocycles. The number of sulfonamides is 1. The molecule has 3 N–H and O–H groups in total. The minimum absolute atomic E-state index is 0.0292. The van der Waals surface area contributed by atoms with Gasteiger partial charge in [-0.25, -0.2) is 8.42 Å². The molecule has 0 fully saturated rings. The van der Waals surface area contributed by atoms with E-state index in [1.165, 1.54) is 25.1 Å². The summed E-state index contributed by atoms with van der Waals surface area (Å²) < 4.78 is 31.1. The van der Waals surface area contributed by atoms with Crippen molar-refractivity contribution < 1.29 is 22.7 Å². The molecule has 28 heavy (non-hydrogen) atoms. The second-order valence-corrected chi connectivity index (χ2v) is 8.21. The zero-order chi connectivity index (χ0) is 20.9. The number of amides is 2. The largest absolute Gasteiger partial charge is 0.491 e. The van der Waals surface area contributed by atoms with E-state index in [-0.39, 0.29) is 23.3 Å². The normalized spacial score (nSPS) is 11.0. The molecule has 0 aromatic heterocycles. The van der Waals surface area contributed by atoms with Crippen molar-refractivity contribution in [1.29, 1.82) is 0 Å². The lowest BCUT2D eigenvalue weighted by Crippen LogP contribution is -2.18. The van der Waals surface area contributed by atoms with E-state index in [2.05, 4.69) is 15.4 Å². The molecule has 150 valence electrons. The Kier molecular flexibility index (Phi) is 6.63. The van der Waals surface area contributed by atoms with Crippen LogP contribution in [0.1, 0.15) is 31.1 Å². The number of carbonyl (C=O) groups excluding carboxylic acids is 2. The molecule has 2 amide bonds. The predicted octanol–water partition coefficient (Wildman–Crippen LogP) is 3.06. The van der Waals surface area contributed by atoms with E-state index in [0.717, 1.165) is 6.26 Å². The van der Waals surface area contributed by atoms with Gasteiger partial charge in [0.15, 0.2) is 0 Å². The quantitative estimate of drug-likeness (QED) is 0.655. The summed E-state index contributed by atoms with van der Waals surface area (Å²) in [5.74, 6) is -0.174. The third-order valence-corrected chi connectivity index (χ3v) is 3.95. The second kappa shape index (κ2) is 8.75. The topological polar surface area (TPSA) is 114 Å². The molecule has 2 rings (SSSR count). The molecular weight excluding hydrogens is 382 g/mol. The lowest BCUT2D eigenvalue weighted by molar-refractivity contribution is -0.114. The highest BCUT2D eigenvalue weighted by Crippen LogP contribution is 2.24. The van der Waals surface area contributed by atoms with E-state index in [4.69, 9.17) is 4.74 Å². The van der Waals surface area contributed by atoms with Crippen LogP contribution in [0, 0.1) is 0 Å². The number of carbonyl (C=O) groups is 2. The minimum atomic E-state index is -3.59. The number of hydrogen-bond donors (Lipinski definition) is 3. The molecule has 0 aliphatic rings. The van der Waals surface area contributed by atoms with Gasteiger partial charge in [0.05, 0.1) is 23.6 Å². The summed E-state index contributed by atoms with van der Waals surface area (Å²) in [5.41, 5.74) is 1.06. The number of ether oxygens (including phenoxy) is 1. The molecule has 2 aromatic rings. The van der Waals surface area contributed by atoms with Crippen LogP contribution in [0.2, 0.25) is 0 Å². The molecule has 0 radical (unpaired) electrons. The smallest absolute Gasteiger partial charge is 0.257 e. The molecule has 9 heteroatoms. The average Bonchev–Trinajstić information content (AvgIpc) is 2.55. The fourth-order valence-corrected chi connectivity index (χ4v) is 2.97. The van der Waals surface area contributed by atoms with Gasteiger partial charge in [0, 0.05) is 18.3 Å². The number of anilines is 3. The van der Waals surface area contributed by atoms with Crippen LogP contribution >= 0.6 is 0 Å². The van der Waals surface area contributed by atoms with Crippen LogP contribution < -0.4 is 20.1 Å². The first kappa shape index (κ1) is 21.2. The zero-order valence-electron chi connectivity index (χ0n) is 16.1. The monoisotopic (exact) mass is 405 g/mol. The molecule has 0 saturated heterocycles. The third kappa shape index (κ3) is 6.58. The Labute approximate surface area is 164 Å². The van der Waals surface area contributed by atoms with Gasteiger partial charge in [0.1, 0.15) is 5.75 Å². The first-order valence-electron chi connectivity index (χ1n) is 8.51. The van der Waals surface area contributed by atoms with Crippen molar-refractivity contribution in [1.82, 2.24) is 0 Å². The molecule has 0 saturated carbocycles. The summed E-state index contributed by atoms with van der Waals surface area (Å²) in [5, 5.41) is 5.27. The van der Waals surface area contributed by atoms with Crippen molar-refractivity contribution in [3.05, 3.63) is 48.0 Å². The van der Waals surface area contributed by atoms with Crippen molar-refractivity contribution in [3.63, 3.8) is 0 Å². The molecule has 0 atom stereocenters. The lowest BCUT2D eigenvalue weighted by atomic mass is 10.1. The molecule has 0 aliphatic heterocycles. The zero-order valence-corrected chi connectivity index (χ0v) is 16.9. The molecule has 0 bridgehead atoms. The van der Waals surface area contributed by atoms with Crippen LogP contribution in [0.15, 0.2) is 42.5 Å². The van der Waals surface area contributed by atoms with E-state index in [0.29, 0.717) is 17.1 Å². The van der Waals surface area contributed by atoms with Crippen molar-refractivity contribution in [2.45, 2.75) is 26.9 Å². The van der Waals surface area contributed by atoms with Crippen molar-refractivity contribution >= 4 is 38.9 Å². The maximum absolute atomic E-state index is 12.7. The minimum Gasteiger partial charge on any atom is -0.491 e. The van der Waals surface area contributed by atoms with Crippen LogP contribution in [-0.2, 0) is 14.8 Å². The van der Waals surface area contributed by atoms with Crippen LogP contribution in [0.3, 0.4) is 0 Å². The van der Waals surface area contributed by atoms with Crippen LogP contribution in [-0.4, -0.2) is 32.6 Å². The Balaban J connectivity index is 2.29. The predicted molar refractivity (Wildman–Crippen MR) is 109 cm³/mol. The van der Waals surface area contributed by atoms with Crippen LogP contribution in [0.4, 0.5) is 17.1 Å². The second-order valence-electron chi connectivity index (χ2n) is 6.46. The van der Waals surface area contributed by atoms with Gasteiger partial charge in [0.25, 0.3) is 5.91 Å². The Hall–Kier alpha value is -3.07. The van der Waals surface area contributed by atoms with Gasteiger partial charge >= 0.3 is 0 Å². The summed E-state index contributed by atoms with van der Waals surface area (Å²) in [6, 6.07) is 11.1. The van der Waals surface area contributed by atoms with Gasteiger partial charge in [-0.05, 0) is 56.3 Å². The fraction of sp³-hybridized carbons (Fsp3) is 0.263. The highest BCUT2D eigenvalue weighted by atomic mass is 32.2. The molecular formula is C19H23N3O5S. The third-order valence-electron chi connectivity index (χ3n) is 3.36. The van der Waals surface area contributed by atoms with E-state index < -0.39 is 15.9 Å². The number of benzene rings is 2. The van der Waals surface area contributed by atoms with E-state index >= 15 is 0 Å². The lowest BCUT2D eigenvalue weighted by Gasteiger charge is -2.14. The fourth-order valence-electron chi connectivity index (χ4n) is 2.39. The van der Waals surface area contributed by atoms with E-state index in [1.807, 2.05) is 13.8 Å². The average molecular weight is 405 g/mol. The molecule has 2 aromatic carbocycles. The Morgan fingerprint density at radius 1 is 0.964 bits per heavy atom. The highest BCUT2D eigenvalue weighted by molar-refractivity contribution is 7.92. The SMILES string of the molecule is CC(=O)Nc1ccc(NS(C)(=O)=O)c(C(=O)Nc2ccc(OC(C)C)cc2)c1. The maximum atomic E-state index is 12.7. The Bertz CT molecular complexity index is 970. The summed E-state index contributed by atoms with van der Waals surface area (Å²) in [7, 11) is -3.59. The number of hydrogen-bond acceptors (Lipinski definition) is 5. The summed E-state index contributed by atoms with van der Waals surface area (Å²) in [6.45, 7) is 5.16. The van der Waals surface area contributed by atoms with Gasteiger partial charge in [-0.3, -0.25) is 14.3 Å². The maximum Gasteiger partial charge on any atom is 0.257 e. The van der Waals surface area contributed by atoms with Crippen molar-refractivity contribution in [2.24, 2.45) is 0 Å². The van der Waals surface area contributed by atoms with Crippen LogP contribution in [0.5, 0.6) is 5.75 Å². The van der Waals surface area contributed by atoms with Gasteiger partial charge in [-0.15, -0.1) is 0 Å². The molecule has 0 spiro atoms. The first-order chi connectivity index (χ1) is 13.0. The van der Waals surface area contributed by atoms with Crippen molar-refractivity contribution in [3.8, 4) is 5.75 Å². The number of nitrogens with one attached hydrogen (secondary N) is 3. The summed E-state index contributed by atoms with van der Waals surface area (Å²) >= 11 is 0.